The Kier molecular flexibility index (Phi) is 5.84. The van der Waals surface area contributed by atoms with Crippen molar-refractivity contribution in [2.24, 2.45) is 11.7 Å². The average Bonchev–Trinajstić information content (AvgIpc) is 2.67. The van der Waals surface area contributed by atoms with Crippen LogP contribution in [0.25, 0.3) is 0 Å². The number of hydrogen-bond acceptors (Lipinski definition) is 7. The van der Waals surface area contributed by atoms with Gasteiger partial charge in [0.2, 0.25) is 0 Å². The maximum atomic E-state index is 8.72. The lowest BCUT2D eigenvalue weighted by Crippen LogP contribution is -2.48. The van der Waals surface area contributed by atoms with Gasteiger partial charge in [-0.05, 0) is 33.4 Å². The number of nitrogens with zero attached hydrogens (tertiary/aromatic N) is 3. The molecule has 0 aromatic carbocycles. The largest absolute Gasteiger partial charge is 0.398 e. The molecule has 1 aliphatic carbocycles. The van der Waals surface area contributed by atoms with Gasteiger partial charge in [-0.2, -0.15) is 0 Å². The van der Waals surface area contributed by atoms with Crippen molar-refractivity contribution in [1.82, 2.24) is 15.3 Å². The van der Waals surface area contributed by atoms with Crippen molar-refractivity contribution in [2.75, 3.05) is 31.6 Å². The summed E-state index contributed by atoms with van der Waals surface area (Å²) in [6.45, 7) is 8.40. The fraction of sp³-hybridized carbons (Fsp3) is 0.476. The summed E-state index contributed by atoms with van der Waals surface area (Å²) in [5.41, 5.74) is 9.46. The van der Waals surface area contributed by atoms with Crippen molar-refractivity contribution in [3.63, 3.8) is 0 Å². The Hall–Kier alpha value is -2.67. The Morgan fingerprint density at radius 1 is 1.43 bits per heavy atom. The third-order valence-corrected chi connectivity index (χ3v) is 5.16. The molecule has 2 heterocycles. The average molecular weight is 383 g/mol. The molecule has 0 saturated carbocycles. The molecule has 1 fully saturated rings. The topological polar surface area (TPSA) is 100 Å². The second-order valence-electron chi connectivity index (χ2n) is 7.93. The summed E-state index contributed by atoms with van der Waals surface area (Å²) in [7, 11) is 1.89. The highest BCUT2D eigenvalue weighted by Gasteiger charge is 2.28. The summed E-state index contributed by atoms with van der Waals surface area (Å²) in [4.78, 5) is 10.9. The smallest absolute Gasteiger partial charge is 0.132 e. The van der Waals surface area contributed by atoms with Crippen LogP contribution in [0.5, 0.6) is 0 Å². The molecular weight excluding hydrogens is 352 g/mol. The van der Waals surface area contributed by atoms with Crippen LogP contribution in [0.2, 0.25) is 0 Å². The van der Waals surface area contributed by atoms with E-state index in [4.69, 9.17) is 15.9 Å². The zero-order chi connectivity index (χ0) is 20.3. The van der Waals surface area contributed by atoms with Crippen LogP contribution in [0.3, 0.4) is 0 Å². The van der Waals surface area contributed by atoms with Crippen LogP contribution in [0, 0.1) is 11.3 Å². The molecule has 2 aliphatic rings. The maximum absolute atomic E-state index is 8.72. The summed E-state index contributed by atoms with van der Waals surface area (Å²) in [5.74, 6) is 1.03. The van der Waals surface area contributed by atoms with E-state index in [1.165, 1.54) is 11.9 Å². The maximum Gasteiger partial charge on any atom is 0.132 e. The minimum Gasteiger partial charge on any atom is -0.398 e. The first-order chi connectivity index (χ1) is 13.3. The molecule has 7 nitrogen and oxygen atoms in total. The number of allylic oxidation sites excluding steroid dienone is 4. The quantitative estimate of drug-likeness (QED) is 0.676. The van der Waals surface area contributed by atoms with E-state index in [0.717, 1.165) is 30.9 Å². The molecule has 28 heavy (non-hydrogen) atoms. The van der Waals surface area contributed by atoms with E-state index in [9.17, 15) is 0 Å². The second kappa shape index (κ2) is 8.14. The van der Waals surface area contributed by atoms with Gasteiger partial charge in [-0.15, -0.1) is 0 Å². The Morgan fingerprint density at radius 3 is 2.93 bits per heavy atom. The van der Waals surface area contributed by atoms with Gasteiger partial charge in [0.25, 0.3) is 0 Å². The number of nitrogens with one attached hydrogen (secondary N) is 2. The molecule has 3 rings (SSSR count). The standard InChI is InChI=1S/C21H30N6O/c1-14(11-24-4)15-5-6-17(22)16(9-15)20(23)18-10-19(26-13-25-18)27-7-8-28-21(2,3)12-27/h6,9-11,13,15,23-24H,5,7-8,12,22H2,1-4H3/b14-11+,23-20?. The van der Waals surface area contributed by atoms with Gasteiger partial charge in [0.15, 0.2) is 0 Å². The summed E-state index contributed by atoms with van der Waals surface area (Å²) < 4.78 is 5.79. The first kappa shape index (κ1) is 20.1. The third kappa shape index (κ3) is 4.42. The summed E-state index contributed by atoms with van der Waals surface area (Å²) in [6, 6.07) is 1.87. The van der Waals surface area contributed by atoms with E-state index >= 15 is 0 Å². The molecule has 150 valence electrons. The second-order valence-corrected chi connectivity index (χ2v) is 7.93. The fourth-order valence-electron chi connectivity index (χ4n) is 3.62. The highest BCUT2D eigenvalue weighted by molar-refractivity contribution is 6.12. The first-order valence-corrected chi connectivity index (χ1v) is 9.63. The van der Waals surface area contributed by atoms with Gasteiger partial charge >= 0.3 is 0 Å². The predicted molar refractivity (Wildman–Crippen MR) is 112 cm³/mol. The predicted octanol–water partition coefficient (Wildman–Crippen LogP) is 2.37. The lowest BCUT2D eigenvalue weighted by Gasteiger charge is -2.38. The van der Waals surface area contributed by atoms with E-state index in [2.05, 4.69) is 47.0 Å². The number of morpholine rings is 1. The number of anilines is 1. The van der Waals surface area contributed by atoms with Gasteiger partial charge in [-0.1, -0.05) is 17.7 Å². The zero-order valence-corrected chi connectivity index (χ0v) is 17.1. The normalized spacial score (nSPS) is 22.4. The molecule has 4 N–H and O–H groups in total. The van der Waals surface area contributed by atoms with E-state index in [1.807, 2.05) is 25.4 Å². The molecule has 0 radical (unpaired) electrons. The van der Waals surface area contributed by atoms with Gasteiger partial charge in [0.1, 0.15) is 12.1 Å². The van der Waals surface area contributed by atoms with E-state index < -0.39 is 0 Å². The van der Waals surface area contributed by atoms with Gasteiger partial charge in [0.05, 0.1) is 23.6 Å². The molecule has 1 aromatic heterocycles. The number of rotatable bonds is 5. The fourth-order valence-corrected chi connectivity index (χ4v) is 3.62. The monoisotopic (exact) mass is 382 g/mol. The van der Waals surface area contributed by atoms with Gasteiger partial charge in [0, 0.05) is 43.4 Å². The highest BCUT2D eigenvalue weighted by Crippen LogP contribution is 2.28. The van der Waals surface area contributed by atoms with Crippen molar-refractivity contribution in [2.45, 2.75) is 32.8 Å². The highest BCUT2D eigenvalue weighted by atomic mass is 16.5. The van der Waals surface area contributed by atoms with Crippen LogP contribution in [-0.4, -0.2) is 48.0 Å². The van der Waals surface area contributed by atoms with E-state index in [1.54, 1.807) is 0 Å². The van der Waals surface area contributed by atoms with E-state index in [0.29, 0.717) is 23.7 Å². The SMILES string of the molecule is CN/C=C(\C)C1C=C(C(=N)c2cc(N3CCOC(C)(C)C3)ncn2)C(N)=CC1. The zero-order valence-electron chi connectivity index (χ0n) is 17.1. The van der Waals surface area contributed by atoms with Crippen molar-refractivity contribution >= 4 is 11.5 Å². The van der Waals surface area contributed by atoms with Crippen molar-refractivity contribution in [1.29, 1.82) is 5.41 Å². The Morgan fingerprint density at radius 2 is 2.21 bits per heavy atom. The van der Waals surface area contributed by atoms with Crippen LogP contribution >= 0.6 is 0 Å². The van der Waals surface area contributed by atoms with Crippen LogP contribution in [0.4, 0.5) is 5.82 Å². The molecule has 0 spiro atoms. The van der Waals surface area contributed by atoms with Gasteiger partial charge < -0.3 is 20.7 Å². The number of ether oxygens (including phenoxy) is 1. The molecule has 1 aromatic rings. The molecule has 1 aliphatic heterocycles. The first-order valence-electron chi connectivity index (χ1n) is 9.63. The lowest BCUT2D eigenvalue weighted by molar-refractivity contribution is -0.0279. The Labute approximate surface area is 166 Å². The van der Waals surface area contributed by atoms with Crippen LogP contribution < -0.4 is 16.0 Å². The molecule has 1 saturated heterocycles. The number of nitrogens with two attached hydrogens (primary N) is 1. The van der Waals surface area contributed by atoms with Crippen molar-refractivity contribution in [3.05, 3.63) is 53.3 Å². The molecule has 1 unspecified atom stereocenters. The van der Waals surface area contributed by atoms with Gasteiger partial charge in [-0.25, -0.2) is 9.97 Å². The molecule has 7 heteroatoms. The minimum atomic E-state index is -0.222. The van der Waals surface area contributed by atoms with E-state index in [-0.39, 0.29) is 11.5 Å². The number of hydrogen-bond donors (Lipinski definition) is 3. The molecule has 0 bridgehead atoms. The molecule has 1 atom stereocenters. The Bertz CT molecular complexity index is 839. The van der Waals surface area contributed by atoms with Crippen LogP contribution in [0.1, 0.15) is 32.9 Å². The minimum absolute atomic E-state index is 0.219. The lowest BCUT2D eigenvalue weighted by atomic mass is 9.87. The van der Waals surface area contributed by atoms with Gasteiger partial charge in [-0.3, -0.25) is 5.41 Å². The molecule has 0 amide bonds. The van der Waals surface area contributed by atoms with Crippen molar-refractivity contribution in [3.8, 4) is 0 Å². The Balaban J connectivity index is 1.86. The van der Waals surface area contributed by atoms with Crippen LogP contribution in [0.15, 0.2) is 47.6 Å². The third-order valence-electron chi connectivity index (χ3n) is 5.16. The number of aromatic nitrogens is 2. The van der Waals surface area contributed by atoms with Crippen LogP contribution in [-0.2, 0) is 4.74 Å². The summed E-state index contributed by atoms with van der Waals surface area (Å²) >= 11 is 0. The van der Waals surface area contributed by atoms with Crippen molar-refractivity contribution < 1.29 is 4.74 Å². The summed E-state index contributed by atoms with van der Waals surface area (Å²) in [5, 5.41) is 11.8. The molecular formula is C21H30N6O. The summed E-state index contributed by atoms with van der Waals surface area (Å²) in [6.07, 6.45) is 8.41.